The Kier molecular flexibility index (Phi) is 4.41. The molecular formula is C9H9BF4N2O2. The Morgan fingerprint density at radius 3 is 1.72 bits per heavy atom. The molecule has 9 heteroatoms. The smallest absolute Gasteiger partial charge is 0.418 e. The van der Waals surface area contributed by atoms with Crippen molar-refractivity contribution in [3.8, 4) is 0 Å². The highest BCUT2D eigenvalue weighted by Gasteiger charge is 2.36. The molecule has 0 aliphatic carbocycles. The number of nitrogens with zero attached hydrogens (tertiary/aromatic N) is 2. The van der Waals surface area contributed by atoms with Crippen LogP contribution in [0.25, 0.3) is 0 Å². The first-order chi connectivity index (χ1) is 8.29. The molecule has 0 spiro atoms. The van der Waals surface area contributed by atoms with Crippen molar-refractivity contribution in [2.75, 3.05) is 5.01 Å². The molecular weight excluding hydrogens is 255 g/mol. The number of hydrogen-bond acceptors (Lipinski definition) is 2. The van der Waals surface area contributed by atoms with Crippen LogP contribution in [0, 0.1) is 0 Å². The lowest BCUT2D eigenvalue weighted by molar-refractivity contribution is -0.673. The second kappa shape index (κ2) is 5.61. The van der Waals surface area contributed by atoms with Crippen LogP contribution >= 0.6 is 0 Å². The third kappa shape index (κ3) is 4.52. The average molecular weight is 264 g/mol. The van der Waals surface area contributed by atoms with Crippen molar-refractivity contribution in [3.05, 3.63) is 30.6 Å². The van der Waals surface area contributed by atoms with E-state index in [1.54, 1.807) is 24.5 Å². The topological polar surface area (TPSA) is 41.3 Å². The minimum atomic E-state index is -6.00. The molecule has 1 aromatic rings. The zero-order chi connectivity index (χ0) is 13.8. The lowest BCUT2D eigenvalue weighted by atomic mass is 10.3. The first-order valence-electron chi connectivity index (χ1n) is 4.99. The van der Waals surface area contributed by atoms with Gasteiger partial charge in [-0.3, -0.25) is 9.59 Å². The van der Waals surface area contributed by atoms with E-state index in [2.05, 4.69) is 0 Å². The molecule has 2 heterocycles. The van der Waals surface area contributed by atoms with Crippen molar-refractivity contribution in [1.29, 1.82) is 0 Å². The normalized spacial score (nSPS) is 15.4. The Balaban J connectivity index is 0.000000280. The number of rotatable bonds is 1. The van der Waals surface area contributed by atoms with E-state index in [4.69, 9.17) is 0 Å². The summed E-state index contributed by atoms with van der Waals surface area (Å²) in [5, 5.41) is 1.17. The number of pyridine rings is 1. The lowest BCUT2D eigenvalue weighted by Gasteiger charge is -2.04. The summed E-state index contributed by atoms with van der Waals surface area (Å²) in [6.45, 7) is 0. The Hall–Kier alpha value is -1.93. The Morgan fingerprint density at radius 2 is 1.33 bits per heavy atom. The maximum Gasteiger partial charge on any atom is 0.673 e. The van der Waals surface area contributed by atoms with Gasteiger partial charge in [0.25, 0.3) is 11.8 Å². The first kappa shape index (κ1) is 14.1. The fraction of sp³-hybridized carbons (Fsp3) is 0.222. The van der Waals surface area contributed by atoms with Crippen molar-refractivity contribution < 1.29 is 31.5 Å². The number of carbonyl (C=O) groups is 2. The monoisotopic (exact) mass is 264 g/mol. The van der Waals surface area contributed by atoms with Crippen molar-refractivity contribution in [2.24, 2.45) is 0 Å². The first-order valence-corrected chi connectivity index (χ1v) is 4.99. The second-order valence-corrected chi connectivity index (χ2v) is 3.35. The number of imide groups is 1. The van der Waals surface area contributed by atoms with E-state index in [0.717, 1.165) is 0 Å². The van der Waals surface area contributed by atoms with Gasteiger partial charge in [-0.25, -0.2) is 0 Å². The largest absolute Gasteiger partial charge is 0.673 e. The average Bonchev–Trinajstić information content (AvgIpc) is 2.57. The Labute approximate surface area is 99.9 Å². The van der Waals surface area contributed by atoms with Gasteiger partial charge >= 0.3 is 7.25 Å². The molecule has 0 bridgehead atoms. The van der Waals surface area contributed by atoms with Crippen LogP contribution in [-0.2, 0) is 9.59 Å². The predicted octanol–water partition coefficient (Wildman–Crippen LogP) is 1.06. The molecule has 1 aromatic heterocycles. The third-order valence-corrected chi connectivity index (χ3v) is 1.96. The van der Waals surface area contributed by atoms with E-state index in [9.17, 15) is 26.9 Å². The molecule has 0 unspecified atom stereocenters. The molecule has 1 fully saturated rings. The van der Waals surface area contributed by atoms with Gasteiger partial charge in [-0.1, -0.05) is 10.7 Å². The molecule has 0 radical (unpaired) electrons. The molecule has 1 aliphatic heterocycles. The van der Waals surface area contributed by atoms with Crippen LogP contribution in [0.15, 0.2) is 30.6 Å². The van der Waals surface area contributed by atoms with Gasteiger partial charge in [0.2, 0.25) is 12.4 Å². The fourth-order valence-electron chi connectivity index (χ4n) is 1.35. The van der Waals surface area contributed by atoms with E-state index in [0.29, 0.717) is 12.8 Å². The number of amides is 2. The molecule has 0 atom stereocenters. The Morgan fingerprint density at radius 1 is 0.944 bits per heavy atom. The van der Waals surface area contributed by atoms with Crippen molar-refractivity contribution in [1.82, 2.24) is 0 Å². The summed E-state index contributed by atoms with van der Waals surface area (Å²) in [7, 11) is -6.00. The summed E-state index contributed by atoms with van der Waals surface area (Å²) in [4.78, 5) is 22.5. The molecule has 2 amide bonds. The van der Waals surface area contributed by atoms with Gasteiger partial charge in [0.1, 0.15) is 0 Å². The quantitative estimate of drug-likeness (QED) is 0.329. The van der Waals surface area contributed by atoms with E-state index in [1.165, 1.54) is 9.69 Å². The highest BCUT2D eigenvalue weighted by atomic mass is 19.5. The van der Waals surface area contributed by atoms with E-state index >= 15 is 0 Å². The van der Waals surface area contributed by atoms with Crippen LogP contribution < -0.4 is 9.69 Å². The standard InChI is InChI=1S/C9H9N2O2.BF4/c12-8-4-5-9(13)11(8)10-6-2-1-3-7-10;2-1(3,4)5/h1-3,6-7H,4-5H2;/q+1;-1. The number of aromatic nitrogens is 1. The number of hydrogen-bond donors (Lipinski definition) is 0. The van der Waals surface area contributed by atoms with Crippen molar-refractivity contribution in [3.63, 3.8) is 0 Å². The molecule has 0 aromatic carbocycles. The minimum absolute atomic E-state index is 0.138. The predicted molar refractivity (Wildman–Crippen MR) is 54.3 cm³/mol. The SMILES string of the molecule is F[B-](F)(F)F.O=C1CCC(=O)N1[n+]1ccccc1. The fourth-order valence-corrected chi connectivity index (χ4v) is 1.35. The van der Waals surface area contributed by atoms with Gasteiger partial charge in [0, 0.05) is 25.0 Å². The summed E-state index contributed by atoms with van der Waals surface area (Å²) in [5.74, 6) is -0.276. The molecule has 2 rings (SSSR count). The van der Waals surface area contributed by atoms with Gasteiger partial charge < -0.3 is 17.3 Å². The van der Waals surface area contributed by atoms with Gasteiger partial charge in [-0.05, 0) is 5.01 Å². The lowest BCUT2D eigenvalue weighted by Crippen LogP contribution is -2.60. The van der Waals surface area contributed by atoms with Gasteiger partial charge in [-0.2, -0.15) is 0 Å². The molecule has 18 heavy (non-hydrogen) atoms. The van der Waals surface area contributed by atoms with E-state index in [-0.39, 0.29) is 11.8 Å². The summed E-state index contributed by atoms with van der Waals surface area (Å²) >= 11 is 0. The van der Waals surface area contributed by atoms with Crippen molar-refractivity contribution >= 4 is 19.1 Å². The number of carbonyl (C=O) groups excluding carboxylic acids is 2. The zero-order valence-corrected chi connectivity index (χ0v) is 9.10. The molecule has 0 N–H and O–H groups in total. The van der Waals surface area contributed by atoms with Crippen LogP contribution in [-0.4, -0.2) is 19.1 Å². The summed E-state index contributed by atoms with van der Waals surface area (Å²) in [6.07, 6.45) is 4.00. The van der Waals surface area contributed by atoms with E-state index in [1.807, 2.05) is 6.07 Å². The van der Waals surface area contributed by atoms with Gasteiger partial charge in [0.15, 0.2) is 0 Å². The summed E-state index contributed by atoms with van der Waals surface area (Å²) in [6, 6.07) is 5.39. The molecule has 0 saturated carbocycles. The minimum Gasteiger partial charge on any atom is -0.418 e. The molecule has 4 nitrogen and oxygen atoms in total. The van der Waals surface area contributed by atoms with Crippen molar-refractivity contribution in [2.45, 2.75) is 12.8 Å². The zero-order valence-electron chi connectivity index (χ0n) is 9.10. The maximum atomic E-state index is 11.3. The van der Waals surface area contributed by atoms with Crippen LogP contribution in [0.2, 0.25) is 0 Å². The van der Waals surface area contributed by atoms with Crippen LogP contribution in [0.4, 0.5) is 17.3 Å². The van der Waals surface area contributed by atoms with Crippen LogP contribution in [0.1, 0.15) is 12.8 Å². The third-order valence-electron chi connectivity index (χ3n) is 1.96. The molecule has 1 saturated heterocycles. The highest BCUT2D eigenvalue weighted by Crippen LogP contribution is 2.06. The highest BCUT2D eigenvalue weighted by molar-refractivity contribution is 6.50. The maximum absolute atomic E-state index is 11.3. The second-order valence-electron chi connectivity index (χ2n) is 3.35. The van der Waals surface area contributed by atoms with Crippen LogP contribution in [0.5, 0.6) is 0 Å². The van der Waals surface area contributed by atoms with Crippen LogP contribution in [0.3, 0.4) is 0 Å². The molecule has 98 valence electrons. The summed E-state index contributed by atoms with van der Waals surface area (Å²) < 4.78 is 40.5. The Bertz CT molecular complexity index is 416. The van der Waals surface area contributed by atoms with E-state index < -0.39 is 7.25 Å². The van der Waals surface area contributed by atoms with Gasteiger partial charge in [-0.15, -0.1) is 0 Å². The van der Waals surface area contributed by atoms with Gasteiger partial charge in [0.05, 0.1) is 0 Å². The number of halogens is 4. The molecule has 1 aliphatic rings. The summed E-state index contributed by atoms with van der Waals surface area (Å²) in [5.41, 5.74) is 0.